The highest BCUT2D eigenvalue weighted by atomic mass is 79.9. The summed E-state index contributed by atoms with van der Waals surface area (Å²) in [6, 6.07) is 3.80. The zero-order valence-corrected chi connectivity index (χ0v) is 11.7. The van der Waals surface area contributed by atoms with Crippen LogP contribution in [0.3, 0.4) is 0 Å². The van der Waals surface area contributed by atoms with Crippen LogP contribution in [0.1, 0.15) is 18.4 Å². The highest BCUT2D eigenvalue weighted by Gasteiger charge is 2.39. The highest BCUT2D eigenvalue weighted by Crippen LogP contribution is 2.38. The smallest absolute Gasteiger partial charge is 0.417 e. The van der Waals surface area contributed by atoms with Gasteiger partial charge in [0.1, 0.15) is 12.4 Å². The molecular formula is C11H12BrClF3NO. The maximum absolute atomic E-state index is 12.6. The molecule has 1 aromatic rings. The van der Waals surface area contributed by atoms with Crippen LogP contribution in [-0.2, 0) is 6.18 Å². The minimum Gasteiger partial charge on any atom is -0.492 e. The average Bonchev–Trinajstić information content (AvgIpc) is 2.94. The maximum atomic E-state index is 12.6. The van der Waals surface area contributed by atoms with Gasteiger partial charge in [-0.1, -0.05) is 15.9 Å². The summed E-state index contributed by atoms with van der Waals surface area (Å²) < 4.78 is 43.1. The Hall–Kier alpha value is -0.460. The standard InChI is InChI=1S/C11H11BrF3NO.ClH/c12-9-2-1-7(5-8(9)11(13,14)15)17-6-10(16)3-4-10;/h1-2,5H,3-4,6,16H2;1H. The molecule has 0 aliphatic heterocycles. The van der Waals surface area contributed by atoms with Crippen LogP contribution >= 0.6 is 28.3 Å². The quantitative estimate of drug-likeness (QED) is 0.904. The average molecular weight is 347 g/mol. The van der Waals surface area contributed by atoms with Crippen LogP contribution in [0.5, 0.6) is 5.75 Å². The molecule has 0 heterocycles. The van der Waals surface area contributed by atoms with E-state index in [0.29, 0.717) is 0 Å². The normalized spacial score (nSPS) is 16.9. The van der Waals surface area contributed by atoms with Gasteiger partial charge in [-0.3, -0.25) is 0 Å². The monoisotopic (exact) mass is 345 g/mol. The molecule has 0 amide bonds. The Labute approximate surface area is 117 Å². The molecule has 0 bridgehead atoms. The SMILES string of the molecule is Cl.NC1(COc2ccc(Br)c(C(F)(F)F)c2)CC1. The summed E-state index contributed by atoms with van der Waals surface area (Å²) in [5.74, 6) is 0.192. The molecule has 0 saturated heterocycles. The zero-order chi connectivity index (χ0) is 12.7. The van der Waals surface area contributed by atoms with E-state index in [0.717, 1.165) is 18.9 Å². The Morgan fingerprint density at radius 1 is 1.33 bits per heavy atom. The largest absolute Gasteiger partial charge is 0.492 e. The fraction of sp³-hybridized carbons (Fsp3) is 0.455. The minimum absolute atomic E-state index is 0. The van der Waals surface area contributed by atoms with Crippen molar-refractivity contribution in [3.05, 3.63) is 28.2 Å². The van der Waals surface area contributed by atoms with Crippen molar-refractivity contribution in [1.29, 1.82) is 0 Å². The van der Waals surface area contributed by atoms with Gasteiger partial charge in [0.05, 0.1) is 11.1 Å². The van der Waals surface area contributed by atoms with Gasteiger partial charge in [-0.25, -0.2) is 0 Å². The predicted octanol–water partition coefficient (Wildman–Crippen LogP) is 3.76. The Morgan fingerprint density at radius 2 is 1.94 bits per heavy atom. The molecule has 1 saturated carbocycles. The molecule has 0 aromatic heterocycles. The van der Waals surface area contributed by atoms with Gasteiger partial charge in [0.15, 0.2) is 0 Å². The molecule has 18 heavy (non-hydrogen) atoms. The van der Waals surface area contributed by atoms with Crippen LogP contribution in [0.2, 0.25) is 0 Å². The Bertz CT molecular complexity index is 435. The van der Waals surface area contributed by atoms with Crippen LogP contribution in [0.4, 0.5) is 13.2 Å². The van der Waals surface area contributed by atoms with E-state index in [1.165, 1.54) is 12.1 Å². The molecule has 0 radical (unpaired) electrons. The van der Waals surface area contributed by atoms with Crippen molar-refractivity contribution in [2.45, 2.75) is 24.6 Å². The number of benzene rings is 1. The Balaban J connectivity index is 0.00000162. The van der Waals surface area contributed by atoms with E-state index in [9.17, 15) is 13.2 Å². The van der Waals surface area contributed by atoms with Crippen molar-refractivity contribution >= 4 is 28.3 Å². The number of rotatable bonds is 3. The van der Waals surface area contributed by atoms with Crippen molar-refractivity contribution in [2.24, 2.45) is 5.73 Å². The summed E-state index contributed by atoms with van der Waals surface area (Å²) in [6.07, 6.45) is -2.68. The number of alkyl halides is 3. The molecule has 1 aliphatic carbocycles. The number of ether oxygens (including phenoxy) is 1. The summed E-state index contributed by atoms with van der Waals surface area (Å²) in [5.41, 5.74) is 4.71. The van der Waals surface area contributed by atoms with Crippen LogP contribution in [-0.4, -0.2) is 12.1 Å². The topological polar surface area (TPSA) is 35.2 Å². The van der Waals surface area contributed by atoms with E-state index in [1.54, 1.807) is 0 Å². The molecule has 0 atom stereocenters. The van der Waals surface area contributed by atoms with Crippen molar-refractivity contribution in [2.75, 3.05) is 6.61 Å². The van der Waals surface area contributed by atoms with E-state index in [2.05, 4.69) is 15.9 Å². The molecule has 2 nitrogen and oxygen atoms in total. The van der Waals surface area contributed by atoms with E-state index >= 15 is 0 Å². The van der Waals surface area contributed by atoms with Gasteiger partial charge in [0.25, 0.3) is 0 Å². The third-order valence-corrected chi connectivity index (χ3v) is 3.35. The molecule has 2 rings (SSSR count). The van der Waals surface area contributed by atoms with Gasteiger partial charge in [-0.2, -0.15) is 13.2 Å². The maximum Gasteiger partial charge on any atom is 0.417 e. The molecule has 1 fully saturated rings. The fourth-order valence-electron chi connectivity index (χ4n) is 1.34. The van der Waals surface area contributed by atoms with Gasteiger partial charge in [-0.15, -0.1) is 12.4 Å². The molecule has 1 aliphatic rings. The molecule has 7 heteroatoms. The summed E-state index contributed by atoms with van der Waals surface area (Å²) in [4.78, 5) is 0. The van der Waals surface area contributed by atoms with Gasteiger partial charge in [-0.05, 0) is 31.0 Å². The Morgan fingerprint density at radius 3 is 2.44 bits per heavy atom. The summed E-state index contributed by atoms with van der Waals surface area (Å²) in [6.45, 7) is 0.256. The summed E-state index contributed by atoms with van der Waals surface area (Å²) >= 11 is 2.87. The third-order valence-electron chi connectivity index (χ3n) is 2.66. The second-order valence-corrected chi connectivity index (χ2v) is 5.14. The van der Waals surface area contributed by atoms with E-state index < -0.39 is 11.7 Å². The first-order chi connectivity index (χ1) is 7.80. The van der Waals surface area contributed by atoms with Gasteiger partial charge < -0.3 is 10.5 Å². The third kappa shape index (κ3) is 3.76. The second kappa shape index (κ2) is 5.27. The molecule has 2 N–H and O–H groups in total. The first kappa shape index (κ1) is 15.6. The van der Waals surface area contributed by atoms with E-state index in [-0.39, 0.29) is 34.8 Å². The van der Waals surface area contributed by atoms with E-state index in [1.807, 2.05) is 0 Å². The number of hydrogen-bond acceptors (Lipinski definition) is 2. The first-order valence-electron chi connectivity index (χ1n) is 5.09. The number of hydrogen-bond donors (Lipinski definition) is 1. The van der Waals surface area contributed by atoms with Crippen molar-refractivity contribution < 1.29 is 17.9 Å². The van der Waals surface area contributed by atoms with E-state index in [4.69, 9.17) is 10.5 Å². The van der Waals surface area contributed by atoms with Crippen molar-refractivity contribution in [3.8, 4) is 5.75 Å². The first-order valence-corrected chi connectivity index (χ1v) is 5.88. The van der Waals surface area contributed by atoms with Crippen LogP contribution < -0.4 is 10.5 Å². The minimum atomic E-state index is -4.39. The lowest BCUT2D eigenvalue weighted by Gasteiger charge is -2.14. The second-order valence-electron chi connectivity index (χ2n) is 4.29. The van der Waals surface area contributed by atoms with Crippen LogP contribution in [0.15, 0.2) is 22.7 Å². The number of halogens is 5. The highest BCUT2D eigenvalue weighted by molar-refractivity contribution is 9.10. The van der Waals surface area contributed by atoms with Gasteiger partial charge >= 0.3 is 6.18 Å². The fourth-order valence-corrected chi connectivity index (χ4v) is 1.81. The Kier molecular flexibility index (Phi) is 4.56. The van der Waals surface area contributed by atoms with Gasteiger partial charge in [0, 0.05) is 4.47 Å². The van der Waals surface area contributed by atoms with Crippen molar-refractivity contribution in [1.82, 2.24) is 0 Å². The molecule has 0 unspecified atom stereocenters. The molecule has 102 valence electrons. The summed E-state index contributed by atoms with van der Waals surface area (Å²) in [5, 5.41) is 0. The zero-order valence-electron chi connectivity index (χ0n) is 9.26. The molecule has 0 spiro atoms. The summed E-state index contributed by atoms with van der Waals surface area (Å²) in [7, 11) is 0. The molecule has 1 aromatic carbocycles. The number of nitrogens with two attached hydrogens (primary N) is 1. The van der Waals surface area contributed by atoms with Crippen LogP contribution in [0.25, 0.3) is 0 Å². The predicted molar refractivity (Wildman–Crippen MR) is 68.0 cm³/mol. The molecular weight excluding hydrogens is 334 g/mol. The lowest BCUT2D eigenvalue weighted by molar-refractivity contribution is -0.138. The van der Waals surface area contributed by atoms with Crippen molar-refractivity contribution in [3.63, 3.8) is 0 Å². The van der Waals surface area contributed by atoms with Gasteiger partial charge in [0.2, 0.25) is 0 Å². The lowest BCUT2D eigenvalue weighted by atomic mass is 10.2. The lowest BCUT2D eigenvalue weighted by Crippen LogP contribution is -2.29. The van der Waals surface area contributed by atoms with Crippen LogP contribution in [0, 0.1) is 0 Å².